The van der Waals surface area contributed by atoms with Crippen LogP contribution in [0.2, 0.25) is 0 Å². The van der Waals surface area contributed by atoms with Crippen LogP contribution in [0.1, 0.15) is 29.0 Å². The number of carbonyl (C=O) groups is 1. The van der Waals surface area contributed by atoms with Gasteiger partial charge in [-0.2, -0.15) is 0 Å². The molecule has 2 heterocycles. The van der Waals surface area contributed by atoms with Crippen LogP contribution in [0.25, 0.3) is 0 Å². The van der Waals surface area contributed by atoms with Crippen molar-refractivity contribution >= 4 is 5.78 Å². The second-order valence-electron chi connectivity index (χ2n) is 4.67. The molecule has 1 saturated carbocycles. The molecule has 1 aliphatic carbocycles. The van der Waals surface area contributed by atoms with Crippen LogP contribution in [0.5, 0.6) is 0 Å². The van der Waals surface area contributed by atoms with Gasteiger partial charge in [-0.15, -0.1) is 0 Å². The maximum Gasteiger partial charge on any atom is 0.167 e. The van der Waals surface area contributed by atoms with Crippen LogP contribution in [0, 0.1) is 5.92 Å². The van der Waals surface area contributed by atoms with E-state index in [0.29, 0.717) is 18.2 Å². The Labute approximate surface area is 99.9 Å². The number of aromatic nitrogens is 3. The number of Topliss-reactive ketones (excluding diaryl/α,β-unsaturated/α-hetero) is 1. The maximum absolute atomic E-state index is 11.9. The standard InChI is InChI=1S/C13H15N3O/c1-15-7-5-14-12(15)9-16-6-4-11(8-16)13(17)10-2-3-10/h4-8,10H,2-3,9H2,1H3. The molecule has 0 aliphatic heterocycles. The third-order valence-corrected chi connectivity index (χ3v) is 3.23. The van der Waals surface area contributed by atoms with Crippen LogP contribution in [-0.4, -0.2) is 19.9 Å². The van der Waals surface area contributed by atoms with E-state index >= 15 is 0 Å². The van der Waals surface area contributed by atoms with Gasteiger partial charge in [0.2, 0.25) is 0 Å². The van der Waals surface area contributed by atoms with E-state index in [9.17, 15) is 4.79 Å². The minimum Gasteiger partial charge on any atom is -0.346 e. The lowest BCUT2D eigenvalue weighted by Crippen LogP contribution is -2.04. The zero-order valence-electron chi connectivity index (χ0n) is 9.84. The first kappa shape index (κ1) is 10.3. The summed E-state index contributed by atoms with van der Waals surface area (Å²) in [6.07, 6.45) is 9.70. The highest BCUT2D eigenvalue weighted by Crippen LogP contribution is 2.32. The number of ketones is 1. The zero-order chi connectivity index (χ0) is 11.8. The van der Waals surface area contributed by atoms with Gasteiger partial charge in [0.1, 0.15) is 5.82 Å². The summed E-state index contributed by atoms with van der Waals surface area (Å²) in [4.78, 5) is 16.1. The predicted octanol–water partition coefficient (Wildman–Crippen LogP) is 1.86. The van der Waals surface area contributed by atoms with E-state index in [1.54, 1.807) is 6.20 Å². The minimum atomic E-state index is 0.291. The maximum atomic E-state index is 11.9. The van der Waals surface area contributed by atoms with Gasteiger partial charge in [0, 0.05) is 43.3 Å². The van der Waals surface area contributed by atoms with Crippen molar-refractivity contribution in [1.29, 1.82) is 0 Å². The van der Waals surface area contributed by atoms with Crippen LogP contribution in [0.3, 0.4) is 0 Å². The molecule has 0 N–H and O–H groups in total. The van der Waals surface area contributed by atoms with Gasteiger partial charge < -0.3 is 9.13 Å². The van der Waals surface area contributed by atoms with Gasteiger partial charge in [0.15, 0.2) is 5.78 Å². The lowest BCUT2D eigenvalue weighted by molar-refractivity contribution is 0.0967. The third kappa shape index (κ3) is 2.02. The van der Waals surface area contributed by atoms with Crippen LogP contribution < -0.4 is 0 Å². The quantitative estimate of drug-likeness (QED) is 0.751. The molecule has 1 fully saturated rings. The van der Waals surface area contributed by atoms with Crippen LogP contribution >= 0.6 is 0 Å². The highest BCUT2D eigenvalue weighted by Gasteiger charge is 2.30. The molecular formula is C13H15N3O. The molecule has 0 amide bonds. The highest BCUT2D eigenvalue weighted by atomic mass is 16.1. The van der Waals surface area contributed by atoms with E-state index < -0.39 is 0 Å². The first-order chi connectivity index (χ1) is 8.24. The molecule has 0 aromatic carbocycles. The molecule has 17 heavy (non-hydrogen) atoms. The Kier molecular flexibility index (Phi) is 2.35. The molecule has 4 nitrogen and oxygen atoms in total. The Hall–Kier alpha value is -1.84. The summed E-state index contributed by atoms with van der Waals surface area (Å²) in [7, 11) is 1.97. The normalized spacial score (nSPS) is 15.1. The highest BCUT2D eigenvalue weighted by molar-refractivity contribution is 5.99. The summed E-state index contributed by atoms with van der Waals surface area (Å²) in [5, 5.41) is 0. The molecule has 88 valence electrons. The molecule has 0 radical (unpaired) electrons. The smallest absolute Gasteiger partial charge is 0.167 e. The van der Waals surface area contributed by atoms with E-state index in [1.807, 2.05) is 40.8 Å². The largest absolute Gasteiger partial charge is 0.346 e. The van der Waals surface area contributed by atoms with E-state index in [4.69, 9.17) is 0 Å². The van der Waals surface area contributed by atoms with E-state index in [1.165, 1.54) is 0 Å². The van der Waals surface area contributed by atoms with E-state index in [0.717, 1.165) is 24.2 Å². The number of imidazole rings is 1. The summed E-state index contributed by atoms with van der Waals surface area (Å²) >= 11 is 0. The minimum absolute atomic E-state index is 0.291. The average Bonchev–Trinajstić information content (AvgIpc) is 2.95. The number of nitrogens with zero attached hydrogens (tertiary/aromatic N) is 3. The molecule has 3 rings (SSSR count). The number of hydrogen-bond donors (Lipinski definition) is 0. The summed E-state index contributed by atoms with van der Waals surface area (Å²) < 4.78 is 4.00. The fourth-order valence-corrected chi connectivity index (χ4v) is 1.98. The topological polar surface area (TPSA) is 39.8 Å². The molecular weight excluding hydrogens is 214 g/mol. The van der Waals surface area contributed by atoms with Crippen molar-refractivity contribution in [2.24, 2.45) is 13.0 Å². The Balaban J connectivity index is 1.76. The Morgan fingerprint density at radius 2 is 2.29 bits per heavy atom. The van der Waals surface area contributed by atoms with Crippen molar-refractivity contribution in [2.75, 3.05) is 0 Å². The molecule has 0 atom stereocenters. The van der Waals surface area contributed by atoms with Gasteiger partial charge in [-0.25, -0.2) is 4.98 Å². The van der Waals surface area contributed by atoms with Crippen LogP contribution in [0.15, 0.2) is 30.9 Å². The summed E-state index contributed by atoms with van der Waals surface area (Å²) in [5.41, 5.74) is 0.835. The zero-order valence-corrected chi connectivity index (χ0v) is 9.84. The summed E-state index contributed by atoms with van der Waals surface area (Å²) in [5.74, 6) is 1.58. The number of carbonyl (C=O) groups excluding carboxylic acids is 1. The number of rotatable bonds is 4. The van der Waals surface area contributed by atoms with Gasteiger partial charge >= 0.3 is 0 Å². The Morgan fingerprint density at radius 1 is 1.47 bits per heavy atom. The van der Waals surface area contributed by atoms with E-state index in [2.05, 4.69) is 4.98 Å². The molecule has 1 aliphatic rings. The van der Waals surface area contributed by atoms with Crippen molar-refractivity contribution in [2.45, 2.75) is 19.4 Å². The second-order valence-corrected chi connectivity index (χ2v) is 4.67. The average molecular weight is 229 g/mol. The fourth-order valence-electron chi connectivity index (χ4n) is 1.98. The van der Waals surface area contributed by atoms with Gasteiger partial charge in [-0.3, -0.25) is 4.79 Å². The Bertz CT molecular complexity index is 549. The van der Waals surface area contributed by atoms with Crippen molar-refractivity contribution < 1.29 is 4.79 Å². The van der Waals surface area contributed by atoms with Crippen molar-refractivity contribution in [3.63, 3.8) is 0 Å². The van der Waals surface area contributed by atoms with Gasteiger partial charge in [-0.1, -0.05) is 0 Å². The monoisotopic (exact) mass is 229 g/mol. The fraction of sp³-hybridized carbons (Fsp3) is 0.385. The van der Waals surface area contributed by atoms with E-state index in [-0.39, 0.29) is 0 Å². The van der Waals surface area contributed by atoms with Gasteiger partial charge in [0.25, 0.3) is 0 Å². The third-order valence-electron chi connectivity index (χ3n) is 3.23. The van der Waals surface area contributed by atoms with Crippen LogP contribution in [0.4, 0.5) is 0 Å². The first-order valence-corrected chi connectivity index (χ1v) is 5.90. The SMILES string of the molecule is Cn1ccnc1Cn1ccc(C(=O)C2CC2)c1. The van der Waals surface area contributed by atoms with Crippen molar-refractivity contribution in [3.8, 4) is 0 Å². The molecule has 0 spiro atoms. The second kappa shape index (κ2) is 3.87. The summed E-state index contributed by atoms with van der Waals surface area (Å²) in [6.45, 7) is 0.710. The molecule has 0 saturated heterocycles. The molecule has 4 heteroatoms. The molecule has 0 unspecified atom stereocenters. The summed E-state index contributed by atoms with van der Waals surface area (Å²) in [6, 6.07) is 1.91. The first-order valence-electron chi connectivity index (χ1n) is 5.90. The number of aryl methyl sites for hydroxylation is 1. The van der Waals surface area contributed by atoms with Crippen molar-refractivity contribution in [3.05, 3.63) is 42.2 Å². The lowest BCUT2D eigenvalue weighted by atomic mass is 10.1. The predicted molar refractivity (Wildman–Crippen MR) is 63.8 cm³/mol. The lowest BCUT2D eigenvalue weighted by Gasteiger charge is -2.02. The number of hydrogen-bond acceptors (Lipinski definition) is 2. The van der Waals surface area contributed by atoms with Crippen molar-refractivity contribution in [1.82, 2.24) is 14.1 Å². The molecule has 2 aromatic rings. The van der Waals surface area contributed by atoms with Gasteiger partial charge in [0.05, 0.1) is 6.54 Å². The van der Waals surface area contributed by atoms with Crippen LogP contribution in [-0.2, 0) is 13.6 Å². The molecule has 2 aromatic heterocycles. The van der Waals surface area contributed by atoms with Gasteiger partial charge in [-0.05, 0) is 18.9 Å². The molecule has 0 bridgehead atoms. The Morgan fingerprint density at radius 3 is 2.94 bits per heavy atom.